The van der Waals surface area contributed by atoms with Gasteiger partial charge in [-0.3, -0.25) is 0 Å². The van der Waals surface area contributed by atoms with Gasteiger partial charge in [0.2, 0.25) is 0 Å². The Morgan fingerprint density at radius 3 is 1.38 bits per heavy atom. The summed E-state index contributed by atoms with van der Waals surface area (Å²) in [7, 11) is 1.80. The normalized spacial score (nSPS) is 17.6. The molecule has 0 N–H and O–H groups in total. The summed E-state index contributed by atoms with van der Waals surface area (Å²) in [5.41, 5.74) is -0.0523. The van der Waals surface area contributed by atoms with Gasteiger partial charge >= 0.3 is 0 Å². The lowest BCUT2D eigenvalue weighted by atomic mass is 9.92. The van der Waals surface area contributed by atoms with E-state index in [1.54, 1.807) is 7.11 Å². The van der Waals surface area contributed by atoms with Crippen molar-refractivity contribution in [3.63, 3.8) is 0 Å². The van der Waals surface area contributed by atoms with Gasteiger partial charge in [-0.15, -0.1) is 0 Å². The Balaban J connectivity index is 3.98. The molecule has 0 aromatic rings. The molecule has 0 aromatic carbocycles. The molecule has 0 unspecified atom stereocenters. The van der Waals surface area contributed by atoms with E-state index < -0.39 is 0 Å². The van der Waals surface area contributed by atoms with Crippen LogP contribution in [0.5, 0.6) is 0 Å². The van der Waals surface area contributed by atoms with Crippen molar-refractivity contribution < 1.29 is 4.74 Å². The lowest BCUT2D eigenvalue weighted by molar-refractivity contribution is 0.0254. The summed E-state index contributed by atoms with van der Waals surface area (Å²) in [6.45, 7) is 23.3. The zero-order chi connectivity index (χ0) is 31.8. The molecule has 0 heterocycles. The van der Waals surface area contributed by atoms with E-state index >= 15 is 0 Å². The van der Waals surface area contributed by atoms with Crippen LogP contribution < -0.4 is 0 Å². The van der Waals surface area contributed by atoms with Crippen molar-refractivity contribution in [2.24, 2.45) is 41.4 Å². The first-order valence-corrected chi connectivity index (χ1v) is 18.0. The molecule has 42 heavy (non-hydrogen) atoms. The zero-order valence-electron chi connectivity index (χ0n) is 30.5. The molecule has 0 fully saturated rings. The second-order valence-electron chi connectivity index (χ2n) is 15.3. The van der Waals surface area contributed by atoms with Gasteiger partial charge in [-0.25, -0.2) is 0 Å². The fourth-order valence-corrected chi connectivity index (χ4v) is 5.49. The van der Waals surface area contributed by atoms with Gasteiger partial charge in [0.05, 0.1) is 5.60 Å². The quantitative estimate of drug-likeness (QED) is 0.0919. The van der Waals surface area contributed by atoms with Gasteiger partial charge in [0.1, 0.15) is 0 Å². The van der Waals surface area contributed by atoms with Crippen molar-refractivity contribution in [1.29, 1.82) is 0 Å². The summed E-state index contributed by atoms with van der Waals surface area (Å²) < 4.78 is 5.50. The first-order valence-electron chi connectivity index (χ1n) is 18.0. The molecule has 0 saturated carbocycles. The molecule has 0 aliphatic heterocycles. The number of rotatable bonds is 26. The fourth-order valence-electron chi connectivity index (χ4n) is 5.49. The molecular formula is C41H76O. The van der Waals surface area contributed by atoms with Crippen LogP contribution in [0.1, 0.15) is 159 Å². The largest absolute Gasteiger partial charge is 0.378 e. The standard InChI is InChI=1S/C41H76O/c1-34(2)20-14-23-37(5)26-17-29-38(6)27-15-24-35(3)21-12-13-22-36(4)25-16-28-39(7)30-18-31-40(8)32-19-33-41(9,10)42-11/h12-13,15-16,19,24-25,32,34-40H,14,17-18,20-23,26-31,33H2,1-11H3/b13-12+,24-15+,25-16+,32-19+/t35-,36-,37-,38-,39+,40-/m1/s1. The van der Waals surface area contributed by atoms with Gasteiger partial charge in [0.15, 0.2) is 0 Å². The summed E-state index contributed by atoms with van der Waals surface area (Å²) in [5, 5.41) is 0. The van der Waals surface area contributed by atoms with E-state index in [4.69, 9.17) is 4.74 Å². The predicted molar refractivity (Wildman–Crippen MR) is 192 cm³/mol. The summed E-state index contributed by atoms with van der Waals surface area (Å²) in [4.78, 5) is 0. The third-order valence-corrected chi connectivity index (χ3v) is 9.04. The molecule has 0 bridgehead atoms. The maximum absolute atomic E-state index is 5.50. The number of ether oxygens (including phenoxy) is 1. The van der Waals surface area contributed by atoms with Crippen molar-refractivity contribution in [2.75, 3.05) is 7.11 Å². The molecule has 0 spiro atoms. The minimum absolute atomic E-state index is 0.0523. The van der Waals surface area contributed by atoms with Gasteiger partial charge in [0.25, 0.3) is 0 Å². The van der Waals surface area contributed by atoms with E-state index in [2.05, 4.69) is 118 Å². The molecular weight excluding hydrogens is 508 g/mol. The summed E-state index contributed by atoms with van der Waals surface area (Å²) in [5.74, 6) is 5.25. The lowest BCUT2D eigenvalue weighted by Gasteiger charge is -2.20. The van der Waals surface area contributed by atoms with E-state index in [1.165, 1.54) is 70.6 Å². The van der Waals surface area contributed by atoms with Crippen molar-refractivity contribution >= 4 is 0 Å². The Labute approximate surface area is 266 Å². The highest BCUT2D eigenvalue weighted by Crippen LogP contribution is 2.22. The maximum Gasteiger partial charge on any atom is 0.0657 e. The average molecular weight is 585 g/mol. The van der Waals surface area contributed by atoms with Crippen molar-refractivity contribution in [1.82, 2.24) is 0 Å². The van der Waals surface area contributed by atoms with Crippen LogP contribution >= 0.6 is 0 Å². The third kappa shape index (κ3) is 26.5. The molecule has 0 aliphatic rings. The number of allylic oxidation sites excluding steroid dienone is 7. The van der Waals surface area contributed by atoms with Crippen LogP contribution in [0.15, 0.2) is 48.6 Å². The van der Waals surface area contributed by atoms with Crippen LogP contribution in [0.4, 0.5) is 0 Å². The van der Waals surface area contributed by atoms with Gasteiger partial charge < -0.3 is 4.74 Å². The number of hydrogen-bond donors (Lipinski definition) is 0. The average Bonchev–Trinajstić information content (AvgIpc) is 2.91. The molecule has 0 amide bonds. The van der Waals surface area contributed by atoms with Gasteiger partial charge in [-0.2, -0.15) is 0 Å². The molecule has 1 heteroatoms. The molecule has 0 radical (unpaired) electrons. The summed E-state index contributed by atoms with van der Waals surface area (Å²) in [6.07, 6.45) is 37.3. The molecule has 0 aromatic heterocycles. The Bertz CT molecular complexity index is 723. The topological polar surface area (TPSA) is 9.23 Å². The van der Waals surface area contributed by atoms with Crippen LogP contribution in [-0.4, -0.2) is 12.7 Å². The van der Waals surface area contributed by atoms with Crippen LogP contribution in [-0.2, 0) is 4.74 Å². The smallest absolute Gasteiger partial charge is 0.0657 e. The molecule has 6 atom stereocenters. The van der Waals surface area contributed by atoms with Gasteiger partial charge in [-0.1, -0.05) is 155 Å². The highest BCUT2D eigenvalue weighted by atomic mass is 16.5. The van der Waals surface area contributed by atoms with Gasteiger partial charge in [0, 0.05) is 7.11 Å². The summed E-state index contributed by atoms with van der Waals surface area (Å²) in [6, 6.07) is 0. The molecule has 1 nitrogen and oxygen atoms in total. The molecule has 246 valence electrons. The van der Waals surface area contributed by atoms with E-state index in [9.17, 15) is 0 Å². The minimum Gasteiger partial charge on any atom is -0.378 e. The minimum atomic E-state index is -0.0523. The Hall–Kier alpha value is -1.08. The SMILES string of the molecule is COC(C)(C)C/C=C/[C@H](C)CCC[C@@H](C)C/C=C/[C@H](C)C/C=C/C[C@@H](C)/C=C/C[C@@H](C)CCC[C@H](C)CCCC(C)C. The van der Waals surface area contributed by atoms with E-state index in [-0.39, 0.29) is 5.60 Å². The van der Waals surface area contributed by atoms with Crippen LogP contribution in [0.2, 0.25) is 0 Å². The molecule has 0 saturated heterocycles. The second-order valence-corrected chi connectivity index (χ2v) is 15.3. The zero-order valence-corrected chi connectivity index (χ0v) is 30.5. The Morgan fingerprint density at radius 2 is 0.905 bits per heavy atom. The molecule has 0 aliphatic carbocycles. The van der Waals surface area contributed by atoms with Crippen molar-refractivity contribution in [2.45, 2.75) is 165 Å². The maximum atomic E-state index is 5.50. The van der Waals surface area contributed by atoms with Crippen LogP contribution in [0.25, 0.3) is 0 Å². The lowest BCUT2D eigenvalue weighted by Crippen LogP contribution is -2.20. The van der Waals surface area contributed by atoms with Crippen LogP contribution in [0.3, 0.4) is 0 Å². The van der Waals surface area contributed by atoms with E-state index in [0.717, 1.165) is 42.9 Å². The highest BCUT2D eigenvalue weighted by molar-refractivity contribution is 4.96. The first kappa shape index (κ1) is 40.9. The highest BCUT2D eigenvalue weighted by Gasteiger charge is 2.13. The van der Waals surface area contributed by atoms with Crippen molar-refractivity contribution in [3.8, 4) is 0 Å². The predicted octanol–water partition coefficient (Wildman–Crippen LogP) is 13.6. The third-order valence-electron chi connectivity index (χ3n) is 9.04. The van der Waals surface area contributed by atoms with E-state index in [0.29, 0.717) is 17.8 Å². The van der Waals surface area contributed by atoms with Crippen molar-refractivity contribution in [3.05, 3.63) is 48.6 Å². The Kier molecular flexibility index (Phi) is 24.6. The second kappa shape index (κ2) is 25.3. The van der Waals surface area contributed by atoms with E-state index in [1.807, 2.05) is 0 Å². The first-order chi connectivity index (χ1) is 19.8. The van der Waals surface area contributed by atoms with Gasteiger partial charge in [-0.05, 0) is 93.8 Å². The number of methoxy groups -OCH3 is 1. The van der Waals surface area contributed by atoms with Crippen LogP contribution in [0, 0.1) is 41.4 Å². The molecule has 0 rings (SSSR count). The number of hydrogen-bond acceptors (Lipinski definition) is 1. The Morgan fingerprint density at radius 1 is 0.476 bits per heavy atom. The fraction of sp³-hybridized carbons (Fsp3) is 0.805. The monoisotopic (exact) mass is 585 g/mol. The summed E-state index contributed by atoms with van der Waals surface area (Å²) >= 11 is 0.